The van der Waals surface area contributed by atoms with Crippen molar-refractivity contribution in [1.82, 2.24) is 5.59 Å². The second-order valence-electron chi connectivity index (χ2n) is 2.58. The lowest BCUT2D eigenvalue weighted by molar-refractivity contribution is 0.0449. The van der Waals surface area contributed by atoms with Crippen molar-refractivity contribution < 1.29 is 13.3 Å². The third kappa shape index (κ3) is 6.17. The van der Waals surface area contributed by atoms with Crippen molar-refractivity contribution in [2.75, 3.05) is 12.9 Å². The first-order valence-corrected chi connectivity index (χ1v) is 5.43. The monoisotopic (exact) mass is 210 g/mol. The van der Waals surface area contributed by atoms with E-state index in [0.29, 0.717) is 0 Å². The van der Waals surface area contributed by atoms with Crippen LogP contribution in [-0.2, 0) is 14.7 Å². The zero-order valence-corrected chi connectivity index (χ0v) is 8.34. The number of nitrogens with one attached hydrogen (secondary N) is 1. The topological polar surface area (TPSA) is 120 Å². The van der Waals surface area contributed by atoms with E-state index in [2.05, 4.69) is 15.5 Å². The van der Waals surface area contributed by atoms with Crippen LogP contribution in [0.4, 0.5) is 0 Å². The van der Waals surface area contributed by atoms with Crippen LogP contribution in [0.5, 0.6) is 0 Å². The maximum absolute atomic E-state index is 10.9. The third-order valence-corrected chi connectivity index (χ3v) is 2.89. The minimum Gasteiger partial charge on any atom is -0.369 e. The molecule has 0 bridgehead atoms. The SMILES string of the molecule is CC(CONN=C(N)N)S(C)(=O)=O. The van der Waals surface area contributed by atoms with Gasteiger partial charge in [0.25, 0.3) is 0 Å². The normalized spacial score (nSPS) is 13.4. The molecule has 0 aromatic rings. The van der Waals surface area contributed by atoms with E-state index in [1.807, 2.05) is 0 Å². The van der Waals surface area contributed by atoms with Gasteiger partial charge in [-0.2, -0.15) is 5.59 Å². The zero-order chi connectivity index (χ0) is 10.5. The molecular weight excluding hydrogens is 196 g/mol. The summed E-state index contributed by atoms with van der Waals surface area (Å²) in [5.41, 5.74) is 12.0. The van der Waals surface area contributed by atoms with Gasteiger partial charge in [-0.1, -0.05) is 0 Å². The third-order valence-electron chi connectivity index (χ3n) is 1.29. The molecular formula is C5H14N4O3S. The summed E-state index contributed by atoms with van der Waals surface area (Å²) in [4.78, 5) is 4.66. The highest BCUT2D eigenvalue weighted by molar-refractivity contribution is 7.91. The average molecular weight is 210 g/mol. The molecule has 78 valence electrons. The Morgan fingerprint density at radius 2 is 2.15 bits per heavy atom. The highest BCUT2D eigenvalue weighted by atomic mass is 32.2. The molecule has 1 atom stereocenters. The number of hydrogen-bond acceptors (Lipinski definition) is 5. The number of rotatable bonds is 5. The number of nitrogens with zero attached hydrogens (tertiary/aromatic N) is 1. The van der Waals surface area contributed by atoms with Crippen LogP contribution in [0.15, 0.2) is 5.10 Å². The Balaban J connectivity index is 3.73. The van der Waals surface area contributed by atoms with Gasteiger partial charge < -0.3 is 11.5 Å². The van der Waals surface area contributed by atoms with E-state index in [4.69, 9.17) is 11.5 Å². The summed E-state index contributed by atoms with van der Waals surface area (Å²) >= 11 is 0. The second kappa shape index (κ2) is 4.87. The molecule has 0 spiro atoms. The van der Waals surface area contributed by atoms with Crippen molar-refractivity contribution in [2.24, 2.45) is 16.6 Å². The number of hydrogen-bond donors (Lipinski definition) is 3. The Kier molecular flexibility index (Phi) is 4.49. The first-order chi connectivity index (χ1) is 5.84. The van der Waals surface area contributed by atoms with Gasteiger partial charge >= 0.3 is 0 Å². The van der Waals surface area contributed by atoms with Crippen molar-refractivity contribution in [3.8, 4) is 0 Å². The van der Waals surface area contributed by atoms with E-state index < -0.39 is 15.1 Å². The van der Waals surface area contributed by atoms with Crippen LogP contribution in [0.2, 0.25) is 0 Å². The summed E-state index contributed by atoms with van der Waals surface area (Å²) in [5.74, 6) is -0.188. The molecule has 8 heteroatoms. The standard InChI is InChI=1S/C5H14N4O3S/c1-4(13(2,10)11)3-12-9-8-5(6)7/h4,9H,3H2,1-2H3,(H4,6,7,8). The van der Waals surface area contributed by atoms with Crippen molar-refractivity contribution in [2.45, 2.75) is 12.2 Å². The van der Waals surface area contributed by atoms with Gasteiger partial charge in [0.1, 0.15) is 0 Å². The largest absolute Gasteiger partial charge is 0.369 e. The highest BCUT2D eigenvalue weighted by Crippen LogP contribution is 1.96. The molecule has 0 saturated carbocycles. The summed E-state index contributed by atoms with van der Waals surface area (Å²) in [6.07, 6.45) is 1.13. The molecule has 13 heavy (non-hydrogen) atoms. The predicted octanol–water partition coefficient (Wildman–Crippen LogP) is -1.87. The molecule has 0 aromatic carbocycles. The van der Waals surface area contributed by atoms with Gasteiger partial charge in [0, 0.05) is 6.26 Å². The highest BCUT2D eigenvalue weighted by Gasteiger charge is 2.14. The van der Waals surface area contributed by atoms with E-state index in [1.165, 1.54) is 6.92 Å². The summed E-state index contributed by atoms with van der Waals surface area (Å²) < 4.78 is 21.7. The zero-order valence-electron chi connectivity index (χ0n) is 7.52. The number of sulfone groups is 1. The van der Waals surface area contributed by atoms with Crippen LogP contribution in [0.3, 0.4) is 0 Å². The fourth-order valence-electron chi connectivity index (χ4n) is 0.363. The quantitative estimate of drug-likeness (QED) is 0.211. The minimum absolute atomic E-state index is 0.0182. The molecule has 0 radical (unpaired) electrons. The number of hydrazone groups is 1. The van der Waals surface area contributed by atoms with Crippen LogP contribution in [0, 0.1) is 0 Å². The van der Waals surface area contributed by atoms with Gasteiger partial charge in [-0.3, -0.25) is 4.84 Å². The predicted molar refractivity (Wildman–Crippen MR) is 49.2 cm³/mol. The Labute approximate surface area is 77.0 Å². The van der Waals surface area contributed by atoms with Crippen molar-refractivity contribution in [3.63, 3.8) is 0 Å². The number of nitrogens with two attached hydrogens (primary N) is 2. The van der Waals surface area contributed by atoms with Crippen molar-refractivity contribution in [3.05, 3.63) is 0 Å². The lowest BCUT2D eigenvalue weighted by Crippen LogP contribution is -2.29. The van der Waals surface area contributed by atoms with Gasteiger partial charge in [-0.05, 0) is 6.92 Å². The molecule has 0 saturated heterocycles. The van der Waals surface area contributed by atoms with Crippen LogP contribution in [0.25, 0.3) is 0 Å². The van der Waals surface area contributed by atoms with Crippen LogP contribution >= 0.6 is 0 Å². The van der Waals surface area contributed by atoms with Crippen LogP contribution < -0.4 is 17.1 Å². The second-order valence-corrected chi connectivity index (χ2v) is 5.04. The maximum Gasteiger partial charge on any atom is 0.210 e. The van der Waals surface area contributed by atoms with Gasteiger partial charge in [-0.25, -0.2) is 8.42 Å². The molecule has 0 heterocycles. The maximum atomic E-state index is 10.9. The lowest BCUT2D eigenvalue weighted by Gasteiger charge is -2.08. The van der Waals surface area contributed by atoms with Crippen LogP contribution in [0.1, 0.15) is 6.92 Å². The molecule has 7 nitrogen and oxygen atoms in total. The van der Waals surface area contributed by atoms with Crippen molar-refractivity contribution in [1.29, 1.82) is 0 Å². The Morgan fingerprint density at radius 1 is 1.62 bits per heavy atom. The molecule has 0 amide bonds. The summed E-state index contributed by atoms with van der Waals surface area (Å²) in [6, 6.07) is 0. The minimum atomic E-state index is -3.08. The average Bonchev–Trinajstić information content (AvgIpc) is 1.95. The fourth-order valence-corrected chi connectivity index (χ4v) is 0.678. The lowest BCUT2D eigenvalue weighted by atomic mass is 10.5. The summed E-state index contributed by atoms with van der Waals surface area (Å²) in [7, 11) is -3.08. The Bertz CT molecular complexity index is 270. The van der Waals surface area contributed by atoms with Crippen molar-refractivity contribution >= 4 is 15.8 Å². The van der Waals surface area contributed by atoms with E-state index >= 15 is 0 Å². The van der Waals surface area contributed by atoms with Gasteiger partial charge in [-0.15, -0.1) is 5.10 Å². The van der Waals surface area contributed by atoms with E-state index in [9.17, 15) is 8.42 Å². The molecule has 0 aliphatic carbocycles. The smallest absolute Gasteiger partial charge is 0.210 e. The van der Waals surface area contributed by atoms with Gasteiger partial charge in [0.05, 0.1) is 11.9 Å². The van der Waals surface area contributed by atoms with Gasteiger partial charge in [0.2, 0.25) is 5.96 Å². The molecule has 0 rings (SSSR count). The molecule has 0 fully saturated rings. The van der Waals surface area contributed by atoms with E-state index in [1.54, 1.807) is 0 Å². The summed E-state index contributed by atoms with van der Waals surface area (Å²) in [6.45, 7) is 1.50. The Hall–Kier alpha value is -1.02. The fraction of sp³-hybridized carbons (Fsp3) is 0.800. The summed E-state index contributed by atoms with van der Waals surface area (Å²) in [5, 5.41) is 2.68. The molecule has 0 aliphatic rings. The van der Waals surface area contributed by atoms with E-state index in [0.717, 1.165) is 6.26 Å². The molecule has 0 aromatic heterocycles. The first-order valence-electron chi connectivity index (χ1n) is 3.48. The van der Waals surface area contributed by atoms with Gasteiger partial charge in [0.15, 0.2) is 9.84 Å². The van der Waals surface area contributed by atoms with E-state index in [-0.39, 0.29) is 12.6 Å². The molecule has 5 N–H and O–H groups in total. The van der Waals surface area contributed by atoms with Crippen LogP contribution in [-0.4, -0.2) is 32.5 Å². The number of guanidine groups is 1. The molecule has 0 aliphatic heterocycles. The first kappa shape index (κ1) is 12.0. The Morgan fingerprint density at radius 3 is 2.54 bits per heavy atom. The molecule has 1 unspecified atom stereocenters.